The lowest BCUT2D eigenvalue weighted by atomic mass is 9.92. The van der Waals surface area contributed by atoms with Crippen LogP contribution in [0.5, 0.6) is 0 Å². The molecular weight excluding hydrogens is 256 g/mol. The fraction of sp³-hybridized carbons (Fsp3) is 0.727. The Morgan fingerprint density at radius 2 is 1.94 bits per heavy atom. The first kappa shape index (κ1) is 14.8. The predicted molar refractivity (Wildman–Crippen MR) is 67.1 cm³/mol. The smallest absolute Gasteiger partial charge is 0.277 e. The maximum Gasteiger partial charge on any atom is 0.330 e. The van der Waals surface area contributed by atoms with Gasteiger partial charge in [-0.25, -0.2) is 4.79 Å². The molecule has 1 aliphatic rings. The quantitative estimate of drug-likeness (QED) is 0.721. The van der Waals surface area contributed by atoms with Gasteiger partial charge in [-0.2, -0.15) is 0 Å². The molecule has 0 radical (unpaired) electrons. The summed E-state index contributed by atoms with van der Waals surface area (Å²) >= 11 is 0. The highest BCUT2D eigenvalue weighted by molar-refractivity contribution is 7.84. The van der Waals surface area contributed by atoms with E-state index < -0.39 is 34.6 Å². The summed E-state index contributed by atoms with van der Waals surface area (Å²) in [6.45, 7) is 5.36. The van der Waals surface area contributed by atoms with Crippen LogP contribution in [0.1, 0.15) is 20.8 Å². The molecule has 1 saturated heterocycles. The van der Waals surface area contributed by atoms with Gasteiger partial charge in [-0.05, 0) is 5.92 Å². The summed E-state index contributed by atoms with van der Waals surface area (Å²) in [5.41, 5.74) is 0. The van der Waals surface area contributed by atoms with Crippen molar-refractivity contribution >= 4 is 28.6 Å². The normalized spacial score (nSPS) is 22.3. The molecule has 0 aliphatic carbocycles. The van der Waals surface area contributed by atoms with E-state index in [1.165, 1.54) is 0 Å². The number of imide groups is 2. The van der Waals surface area contributed by atoms with Crippen molar-refractivity contribution in [1.29, 1.82) is 0 Å². The number of nitrogens with one attached hydrogen (secondary N) is 1. The van der Waals surface area contributed by atoms with Crippen molar-refractivity contribution in [2.75, 3.05) is 18.1 Å². The van der Waals surface area contributed by atoms with E-state index in [0.717, 1.165) is 4.90 Å². The van der Waals surface area contributed by atoms with Gasteiger partial charge >= 0.3 is 6.03 Å². The summed E-state index contributed by atoms with van der Waals surface area (Å²) in [5, 5.41) is 2.16. The Morgan fingerprint density at radius 3 is 2.44 bits per heavy atom. The number of hydrogen-bond donors (Lipinski definition) is 1. The zero-order chi connectivity index (χ0) is 13.9. The van der Waals surface area contributed by atoms with E-state index in [0.29, 0.717) is 5.75 Å². The van der Waals surface area contributed by atoms with Gasteiger partial charge in [-0.15, -0.1) is 0 Å². The molecule has 1 heterocycles. The molecule has 7 heteroatoms. The van der Waals surface area contributed by atoms with Crippen LogP contribution in [0, 0.1) is 11.8 Å². The van der Waals surface area contributed by atoms with Gasteiger partial charge < -0.3 is 0 Å². The van der Waals surface area contributed by atoms with Crippen molar-refractivity contribution in [3.8, 4) is 0 Å². The Bertz CT molecular complexity index is 395. The minimum absolute atomic E-state index is 0.0849. The molecule has 0 spiro atoms. The van der Waals surface area contributed by atoms with Crippen LogP contribution in [0.3, 0.4) is 0 Å². The summed E-state index contributed by atoms with van der Waals surface area (Å²) in [6.07, 6.45) is 0. The molecule has 0 aromatic carbocycles. The second-order valence-corrected chi connectivity index (χ2v) is 6.30. The molecule has 1 N–H and O–H groups in total. The van der Waals surface area contributed by atoms with E-state index in [2.05, 4.69) is 5.32 Å². The van der Waals surface area contributed by atoms with Crippen LogP contribution >= 0.6 is 0 Å². The van der Waals surface area contributed by atoms with Gasteiger partial charge in [0.05, 0.1) is 0 Å². The second-order valence-electron chi connectivity index (χ2n) is 4.44. The first-order valence-corrected chi connectivity index (χ1v) is 7.38. The summed E-state index contributed by atoms with van der Waals surface area (Å²) in [6, 6.07) is -0.713. The van der Waals surface area contributed by atoms with E-state index in [4.69, 9.17) is 0 Å². The molecule has 2 atom stereocenters. The predicted octanol–water partition coefficient (Wildman–Crippen LogP) is 0.106. The van der Waals surface area contributed by atoms with Gasteiger partial charge in [0.1, 0.15) is 5.92 Å². The average molecular weight is 274 g/mol. The lowest BCUT2D eigenvalue weighted by molar-refractivity contribution is -0.144. The molecule has 0 aromatic rings. The highest BCUT2D eigenvalue weighted by Gasteiger charge is 2.41. The first-order valence-electron chi connectivity index (χ1n) is 5.89. The van der Waals surface area contributed by atoms with Gasteiger partial charge in [-0.1, -0.05) is 20.8 Å². The maximum atomic E-state index is 12.0. The van der Waals surface area contributed by atoms with Crippen molar-refractivity contribution in [2.24, 2.45) is 11.8 Å². The lowest BCUT2D eigenvalue weighted by Gasteiger charge is -2.31. The monoisotopic (exact) mass is 274 g/mol. The Kier molecular flexibility index (Phi) is 5.01. The third-order valence-electron chi connectivity index (χ3n) is 2.82. The van der Waals surface area contributed by atoms with E-state index in [1.54, 1.807) is 20.8 Å². The van der Waals surface area contributed by atoms with Crippen molar-refractivity contribution in [3.63, 3.8) is 0 Å². The van der Waals surface area contributed by atoms with Crippen molar-refractivity contribution in [2.45, 2.75) is 20.8 Å². The van der Waals surface area contributed by atoms with Gasteiger partial charge in [0.2, 0.25) is 11.8 Å². The van der Waals surface area contributed by atoms with E-state index in [1.807, 2.05) is 0 Å². The number of urea groups is 1. The zero-order valence-electron chi connectivity index (χ0n) is 10.8. The van der Waals surface area contributed by atoms with Crippen molar-refractivity contribution < 1.29 is 18.6 Å². The number of rotatable bonds is 5. The lowest BCUT2D eigenvalue weighted by Crippen LogP contribution is -2.59. The van der Waals surface area contributed by atoms with E-state index in [9.17, 15) is 18.6 Å². The van der Waals surface area contributed by atoms with E-state index >= 15 is 0 Å². The number of nitrogens with zero attached hydrogens (tertiary/aromatic N) is 1. The molecule has 102 valence electrons. The Balaban J connectivity index is 2.77. The molecule has 1 fully saturated rings. The Labute approximate surface area is 109 Å². The van der Waals surface area contributed by atoms with Crippen LogP contribution in [-0.2, 0) is 20.4 Å². The van der Waals surface area contributed by atoms with Crippen LogP contribution in [0.25, 0.3) is 0 Å². The third-order valence-corrected chi connectivity index (χ3v) is 4.10. The maximum absolute atomic E-state index is 12.0. The van der Waals surface area contributed by atoms with Gasteiger partial charge in [0.15, 0.2) is 0 Å². The number of carbonyl (C=O) groups is 3. The number of amides is 4. The van der Waals surface area contributed by atoms with Crippen LogP contribution < -0.4 is 5.32 Å². The largest absolute Gasteiger partial charge is 0.330 e. The van der Waals surface area contributed by atoms with Gasteiger partial charge in [0.25, 0.3) is 0 Å². The minimum Gasteiger partial charge on any atom is -0.277 e. The topological polar surface area (TPSA) is 83.6 Å². The molecule has 6 nitrogen and oxygen atoms in total. The van der Waals surface area contributed by atoms with Crippen molar-refractivity contribution in [1.82, 2.24) is 10.2 Å². The average Bonchev–Trinajstić information content (AvgIpc) is 2.27. The van der Waals surface area contributed by atoms with Crippen LogP contribution in [0.2, 0.25) is 0 Å². The molecule has 0 bridgehead atoms. The molecular formula is C11H18N2O4S. The highest BCUT2D eigenvalue weighted by Crippen LogP contribution is 2.18. The summed E-state index contributed by atoms with van der Waals surface area (Å²) in [4.78, 5) is 36.1. The zero-order valence-corrected chi connectivity index (χ0v) is 11.6. The second kappa shape index (κ2) is 6.08. The minimum atomic E-state index is -1.05. The SMILES string of the molecule is CCS(=O)CCN1C(=O)NC(=O)C(C(C)C)C1=O. The number of carbonyl (C=O) groups excluding carboxylic acids is 3. The van der Waals surface area contributed by atoms with Crippen molar-refractivity contribution in [3.05, 3.63) is 0 Å². The molecule has 0 saturated carbocycles. The highest BCUT2D eigenvalue weighted by atomic mass is 32.2. The van der Waals surface area contributed by atoms with Gasteiger partial charge in [0, 0.05) is 28.9 Å². The molecule has 18 heavy (non-hydrogen) atoms. The molecule has 4 amide bonds. The summed E-state index contributed by atoms with van der Waals surface area (Å²) in [7, 11) is -1.05. The molecule has 1 rings (SSSR count). The van der Waals surface area contributed by atoms with Gasteiger partial charge in [-0.3, -0.25) is 24.0 Å². The summed E-state index contributed by atoms with van der Waals surface area (Å²) < 4.78 is 11.3. The van der Waals surface area contributed by atoms with Crippen LogP contribution in [-0.4, -0.2) is 45.0 Å². The molecule has 2 unspecified atom stereocenters. The third kappa shape index (κ3) is 3.16. The van der Waals surface area contributed by atoms with E-state index in [-0.39, 0.29) is 18.2 Å². The van der Waals surface area contributed by atoms with Crippen LogP contribution in [0.15, 0.2) is 0 Å². The summed E-state index contributed by atoms with van der Waals surface area (Å²) in [5.74, 6) is -1.33. The fourth-order valence-corrected chi connectivity index (χ4v) is 2.44. The first-order chi connectivity index (χ1) is 8.38. The number of hydrogen-bond acceptors (Lipinski definition) is 4. The Hall–Kier alpha value is -1.24. The van der Waals surface area contributed by atoms with Crippen LogP contribution in [0.4, 0.5) is 4.79 Å². The molecule has 0 aromatic heterocycles. The number of barbiturate groups is 1. The fourth-order valence-electron chi connectivity index (χ4n) is 1.77. The Morgan fingerprint density at radius 1 is 1.33 bits per heavy atom. The molecule has 1 aliphatic heterocycles. The standard InChI is InChI=1S/C11H18N2O4S/c1-4-18(17)6-5-13-10(15)8(7(2)3)9(14)12-11(13)16/h7-8H,4-6H2,1-3H3,(H,12,14,16).